The highest BCUT2D eigenvalue weighted by Gasteiger charge is 2.01. The topological polar surface area (TPSA) is 45.1 Å². The predicted octanol–water partition coefficient (Wildman–Crippen LogP) is 1.74. The molecule has 0 aliphatic rings. The third-order valence-electron chi connectivity index (χ3n) is 2.50. The van der Waals surface area contributed by atoms with Gasteiger partial charge in [0.1, 0.15) is 0 Å². The Labute approximate surface area is 95.6 Å². The van der Waals surface area contributed by atoms with Crippen LogP contribution >= 0.6 is 11.3 Å². The molecule has 4 heteroatoms. The van der Waals surface area contributed by atoms with Crippen molar-refractivity contribution in [2.45, 2.75) is 39.2 Å². The molecule has 1 rings (SSSR count). The van der Waals surface area contributed by atoms with Gasteiger partial charge >= 0.3 is 0 Å². The number of hydrogen-bond donors (Lipinski definition) is 2. The summed E-state index contributed by atoms with van der Waals surface area (Å²) < 4.78 is 0. The maximum absolute atomic E-state index is 9.34. The maximum atomic E-state index is 9.34. The molecule has 0 bridgehead atoms. The zero-order valence-corrected chi connectivity index (χ0v) is 10.3. The van der Waals surface area contributed by atoms with Crippen LogP contribution in [0.2, 0.25) is 0 Å². The van der Waals surface area contributed by atoms with Crippen molar-refractivity contribution in [3.63, 3.8) is 0 Å². The smallest absolute Gasteiger partial charge is 0.0797 e. The fourth-order valence-electron chi connectivity index (χ4n) is 1.37. The van der Waals surface area contributed by atoms with Crippen LogP contribution in [-0.4, -0.2) is 29.3 Å². The average Bonchev–Trinajstić information content (AvgIpc) is 2.63. The van der Waals surface area contributed by atoms with Gasteiger partial charge in [0.2, 0.25) is 0 Å². The van der Waals surface area contributed by atoms with Gasteiger partial charge in [0.15, 0.2) is 0 Å². The molecular weight excluding hydrogens is 208 g/mol. The molecule has 86 valence electrons. The number of nitrogens with zero attached hydrogens (tertiary/aromatic N) is 1. The van der Waals surface area contributed by atoms with Crippen molar-refractivity contribution >= 4 is 11.3 Å². The van der Waals surface area contributed by atoms with Gasteiger partial charge in [0, 0.05) is 11.4 Å². The molecule has 0 spiro atoms. The fraction of sp³-hybridized carbons (Fsp3) is 0.727. The van der Waals surface area contributed by atoms with E-state index in [1.165, 1.54) is 4.88 Å². The Morgan fingerprint density at radius 2 is 2.33 bits per heavy atom. The second kappa shape index (κ2) is 6.93. The van der Waals surface area contributed by atoms with Crippen molar-refractivity contribution in [3.8, 4) is 0 Å². The summed E-state index contributed by atoms with van der Waals surface area (Å²) in [5.74, 6) is 0. The van der Waals surface area contributed by atoms with E-state index < -0.39 is 0 Å². The quantitative estimate of drug-likeness (QED) is 0.699. The Kier molecular flexibility index (Phi) is 5.83. The summed E-state index contributed by atoms with van der Waals surface area (Å²) in [7, 11) is 0. The fourth-order valence-corrected chi connectivity index (χ4v) is 2.15. The molecule has 0 aromatic carbocycles. The van der Waals surface area contributed by atoms with Gasteiger partial charge in [0.25, 0.3) is 0 Å². The lowest BCUT2D eigenvalue weighted by Crippen LogP contribution is -2.22. The molecule has 15 heavy (non-hydrogen) atoms. The van der Waals surface area contributed by atoms with Gasteiger partial charge < -0.3 is 10.4 Å². The SMILES string of the molecule is CCC(O)CCNCCc1scnc1C. The van der Waals surface area contributed by atoms with Gasteiger partial charge in [-0.25, -0.2) is 4.98 Å². The molecule has 1 aromatic rings. The first-order valence-corrected chi connectivity index (χ1v) is 6.39. The van der Waals surface area contributed by atoms with Gasteiger partial charge in [0.05, 0.1) is 17.3 Å². The molecule has 0 saturated heterocycles. The van der Waals surface area contributed by atoms with Crippen LogP contribution < -0.4 is 5.32 Å². The van der Waals surface area contributed by atoms with E-state index in [0.29, 0.717) is 0 Å². The first-order valence-electron chi connectivity index (χ1n) is 5.51. The number of thiazole rings is 1. The van der Waals surface area contributed by atoms with E-state index in [-0.39, 0.29) is 6.10 Å². The van der Waals surface area contributed by atoms with Crippen molar-refractivity contribution in [2.75, 3.05) is 13.1 Å². The monoisotopic (exact) mass is 228 g/mol. The summed E-state index contributed by atoms with van der Waals surface area (Å²) in [4.78, 5) is 5.57. The normalized spacial score (nSPS) is 13.0. The molecule has 0 aliphatic carbocycles. The van der Waals surface area contributed by atoms with Crippen LogP contribution in [0.1, 0.15) is 30.3 Å². The van der Waals surface area contributed by atoms with E-state index in [1.54, 1.807) is 11.3 Å². The van der Waals surface area contributed by atoms with Crippen LogP contribution in [0, 0.1) is 6.92 Å². The molecule has 0 radical (unpaired) electrons. The van der Waals surface area contributed by atoms with Gasteiger partial charge in [-0.05, 0) is 32.7 Å². The molecule has 1 unspecified atom stereocenters. The highest BCUT2D eigenvalue weighted by Crippen LogP contribution is 2.11. The van der Waals surface area contributed by atoms with Gasteiger partial charge in [-0.2, -0.15) is 0 Å². The lowest BCUT2D eigenvalue weighted by atomic mass is 10.2. The second-order valence-corrected chi connectivity index (χ2v) is 4.65. The third-order valence-corrected chi connectivity index (χ3v) is 3.49. The third kappa shape index (κ3) is 4.73. The Bertz CT molecular complexity index is 275. The van der Waals surface area contributed by atoms with Crippen molar-refractivity contribution in [1.29, 1.82) is 0 Å². The molecule has 1 aromatic heterocycles. The lowest BCUT2D eigenvalue weighted by Gasteiger charge is -2.08. The zero-order chi connectivity index (χ0) is 11.1. The van der Waals surface area contributed by atoms with Crippen LogP contribution in [0.25, 0.3) is 0 Å². The Morgan fingerprint density at radius 1 is 1.53 bits per heavy atom. The minimum absolute atomic E-state index is 0.150. The number of hydrogen-bond acceptors (Lipinski definition) is 4. The van der Waals surface area contributed by atoms with Gasteiger partial charge in [-0.15, -0.1) is 11.3 Å². The second-order valence-electron chi connectivity index (χ2n) is 3.71. The zero-order valence-electron chi connectivity index (χ0n) is 9.49. The molecule has 0 aliphatic heterocycles. The standard InChI is InChI=1S/C11H20N2OS/c1-3-10(14)4-6-12-7-5-11-9(2)13-8-15-11/h8,10,12,14H,3-7H2,1-2H3. The number of rotatable bonds is 7. The molecule has 2 N–H and O–H groups in total. The van der Waals surface area contributed by atoms with Crippen molar-refractivity contribution < 1.29 is 5.11 Å². The highest BCUT2D eigenvalue weighted by molar-refractivity contribution is 7.09. The van der Waals surface area contributed by atoms with E-state index in [9.17, 15) is 5.11 Å². The Balaban J connectivity index is 2.05. The molecule has 0 saturated carbocycles. The number of aromatic nitrogens is 1. The van der Waals surface area contributed by atoms with E-state index in [2.05, 4.69) is 10.3 Å². The average molecular weight is 228 g/mol. The molecule has 3 nitrogen and oxygen atoms in total. The number of aryl methyl sites for hydroxylation is 1. The van der Waals surface area contributed by atoms with Crippen LogP contribution in [0.15, 0.2) is 5.51 Å². The molecule has 1 heterocycles. The number of aliphatic hydroxyl groups excluding tert-OH is 1. The Morgan fingerprint density at radius 3 is 2.93 bits per heavy atom. The summed E-state index contributed by atoms with van der Waals surface area (Å²) in [6.45, 7) is 5.92. The largest absolute Gasteiger partial charge is 0.393 e. The predicted molar refractivity (Wildman–Crippen MR) is 64.3 cm³/mol. The lowest BCUT2D eigenvalue weighted by molar-refractivity contribution is 0.160. The van der Waals surface area contributed by atoms with Crippen molar-refractivity contribution in [2.24, 2.45) is 0 Å². The van der Waals surface area contributed by atoms with Gasteiger partial charge in [-0.1, -0.05) is 6.92 Å². The highest BCUT2D eigenvalue weighted by atomic mass is 32.1. The summed E-state index contributed by atoms with van der Waals surface area (Å²) in [5, 5.41) is 12.7. The van der Waals surface area contributed by atoms with E-state index >= 15 is 0 Å². The summed E-state index contributed by atoms with van der Waals surface area (Å²) in [6, 6.07) is 0. The first-order chi connectivity index (χ1) is 7.24. The minimum atomic E-state index is -0.150. The number of aliphatic hydroxyl groups is 1. The minimum Gasteiger partial charge on any atom is -0.393 e. The molecule has 0 amide bonds. The number of nitrogens with one attached hydrogen (secondary N) is 1. The van der Waals surface area contributed by atoms with Crippen LogP contribution in [0.4, 0.5) is 0 Å². The van der Waals surface area contributed by atoms with Crippen LogP contribution in [0.5, 0.6) is 0 Å². The van der Waals surface area contributed by atoms with E-state index in [0.717, 1.165) is 38.0 Å². The van der Waals surface area contributed by atoms with Crippen LogP contribution in [-0.2, 0) is 6.42 Å². The summed E-state index contributed by atoms with van der Waals surface area (Å²) in [5.41, 5.74) is 3.04. The molecule has 0 fully saturated rings. The molecule has 1 atom stereocenters. The van der Waals surface area contributed by atoms with Crippen molar-refractivity contribution in [3.05, 3.63) is 16.1 Å². The van der Waals surface area contributed by atoms with E-state index in [1.807, 2.05) is 19.4 Å². The Hall–Kier alpha value is -0.450. The summed E-state index contributed by atoms with van der Waals surface area (Å²) in [6.07, 6.45) is 2.58. The first kappa shape index (κ1) is 12.6. The van der Waals surface area contributed by atoms with Crippen molar-refractivity contribution in [1.82, 2.24) is 10.3 Å². The van der Waals surface area contributed by atoms with Crippen LogP contribution in [0.3, 0.4) is 0 Å². The van der Waals surface area contributed by atoms with Gasteiger partial charge in [-0.3, -0.25) is 0 Å². The maximum Gasteiger partial charge on any atom is 0.0797 e. The van der Waals surface area contributed by atoms with E-state index in [4.69, 9.17) is 0 Å². The summed E-state index contributed by atoms with van der Waals surface area (Å²) >= 11 is 1.72. The molecular formula is C11H20N2OS.